The Morgan fingerprint density at radius 1 is 1.13 bits per heavy atom. The van der Waals surface area contributed by atoms with E-state index in [1.807, 2.05) is 0 Å². The second kappa shape index (κ2) is 7.75. The zero-order chi connectivity index (χ0) is 10.9. The molecule has 0 heterocycles. The Labute approximate surface area is 101 Å². The van der Waals surface area contributed by atoms with E-state index in [1.165, 1.54) is 18.4 Å². The van der Waals surface area contributed by atoms with Crippen LogP contribution in [-0.2, 0) is 6.42 Å². The molecular weight excluding hydrogens is 252 g/mol. The van der Waals surface area contributed by atoms with Gasteiger partial charge in [-0.1, -0.05) is 41.4 Å². The highest BCUT2D eigenvalue weighted by atomic mass is 79.9. The molecule has 0 radical (unpaired) electrons. The lowest BCUT2D eigenvalue weighted by Gasteiger charge is -2.06. The molecule has 0 fully saturated rings. The van der Waals surface area contributed by atoms with Gasteiger partial charge in [0, 0.05) is 5.33 Å². The molecule has 0 aliphatic carbocycles. The maximum Gasteiger partial charge on any atom is 0.119 e. The lowest BCUT2D eigenvalue weighted by molar-refractivity contribution is 0.310. The van der Waals surface area contributed by atoms with Crippen molar-refractivity contribution >= 4 is 15.9 Å². The van der Waals surface area contributed by atoms with Crippen LogP contribution in [0.3, 0.4) is 0 Å². The van der Waals surface area contributed by atoms with Gasteiger partial charge >= 0.3 is 0 Å². The fraction of sp³-hybridized carbons (Fsp3) is 0.538. The molecule has 0 saturated heterocycles. The van der Waals surface area contributed by atoms with Gasteiger partial charge in [0.15, 0.2) is 0 Å². The predicted octanol–water partition coefficient (Wildman–Crippen LogP) is 4.19. The van der Waals surface area contributed by atoms with Gasteiger partial charge in [-0.15, -0.1) is 0 Å². The SMILES string of the molecule is CCCc1ccc(OCCCCBr)cc1. The number of halogens is 1. The molecule has 84 valence electrons. The van der Waals surface area contributed by atoms with Crippen molar-refractivity contribution in [3.8, 4) is 5.75 Å². The molecule has 1 aromatic carbocycles. The van der Waals surface area contributed by atoms with E-state index in [-0.39, 0.29) is 0 Å². The van der Waals surface area contributed by atoms with Gasteiger partial charge in [-0.3, -0.25) is 0 Å². The number of hydrogen-bond acceptors (Lipinski definition) is 1. The average molecular weight is 271 g/mol. The van der Waals surface area contributed by atoms with Crippen molar-refractivity contribution in [2.24, 2.45) is 0 Å². The molecule has 0 N–H and O–H groups in total. The first-order valence-electron chi connectivity index (χ1n) is 5.64. The number of ether oxygens (including phenoxy) is 1. The molecule has 2 heteroatoms. The van der Waals surface area contributed by atoms with Gasteiger partial charge in [-0.05, 0) is 37.0 Å². The third-order valence-electron chi connectivity index (χ3n) is 2.26. The van der Waals surface area contributed by atoms with Gasteiger partial charge in [0.05, 0.1) is 6.61 Å². The maximum atomic E-state index is 5.62. The van der Waals surface area contributed by atoms with Gasteiger partial charge in [-0.2, -0.15) is 0 Å². The Balaban J connectivity index is 2.29. The summed E-state index contributed by atoms with van der Waals surface area (Å²) >= 11 is 3.41. The van der Waals surface area contributed by atoms with Crippen molar-refractivity contribution in [2.75, 3.05) is 11.9 Å². The second-order valence-corrected chi connectivity index (χ2v) is 4.43. The van der Waals surface area contributed by atoms with E-state index in [1.54, 1.807) is 0 Å². The van der Waals surface area contributed by atoms with Crippen molar-refractivity contribution in [3.05, 3.63) is 29.8 Å². The molecule has 0 amide bonds. The molecule has 0 atom stereocenters. The molecule has 0 saturated carbocycles. The maximum absolute atomic E-state index is 5.62. The molecule has 0 bridgehead atoms. The lowest BCUT2D eigenvalue weighted by Crippen LogP contribution is -1.97. The highest BCUT2D eigenvalue weighted by molar-refractivity contribution is 9.09. The summed E-state index contributed by atoms with van der Waals surface area (Å²) in [6.07, 6.45) is 4.64. The molecule has 1 nitrogen and oxygen atoms in total. The van der Waals surface area contributed by atoms with E-state index in [4.69, 9.17) is 4.74 Å². The van der Waals surface area contributed by atoms with Crippen LogP contribution in [0.25, 0.3) is 0 Å². The molecule has 15 heavy (non-hydrogen) atoms. The number of unbranched alkanes of at least 4 members (excludes halogenated alkanes) is 1. The molecule has 1 aromatic rings. The third kappa shape index (κ3) is 5.22. The number of hydrogen-bond donors (Lipinski definition) is 0. The smallest absolute Gasteiger partial charge is 0.119 e. The van der Waals surface area contributed by atoms with Crippen LogP contribution in [0.2, 0.25) is 0 Å². The highest BCUT2D eigenvalue weighted by Crippen LogP contribution is 2.13. The van der Waals surface area contributed by atoms with Gasteiger partial charge in [0.1, 0.15) is 5.75 Å². The summed E-state index contributed by atoms with van der Waals surface area (Å²) < 4.78 is 5.62. The van der Waals surface area contributed by atoms with E-state index in [0.717, 1.165) is 30.5 Å². The summed E-state index contributed by atoms with van der Waals surface area (Å²) in [4.78, 5) is 0. The monoisotopic (exact) mass is 270 g/mol. The van der Waals surface area contributed by atoms with E-state index < -0.39 is 0 Å². The Morgan fingerprint density at radius 3 is 2.47 bits per heavy atom. The van der Waals surface area contributed by atoms with Crippen LogP contribution in [0.1, 0.15) is 31.7 Å². The summed E-state index contributed by atoms with van der Waals surface area (Å²) in [6.45, 7) is 3.02. The van der Waals surface area contributed by atoms with E-state index >= 15 is 0 Å². The first-order valence-corrected chi connectivity index (χ1v) is 6.76. The highest BCUT2D eigenvalue weighted by Gasteiger charge is 1.94. The molecule has 0 aromatic heterocycles. The van der Waals surface area contributed by atoms with Crippen LogP contribution < -0.4 is 4.74 Å². The molecular formula is C13H19BrO. The van der Waals surface area contributed by atoms with Crippen LogP contribution in [0, 0.1) is 0 Å². The molecule has 0 unspecified atom stereocenters. The minimum absolute atomic E-state index is 0.818. The Kier molecular flexibility index (Phi) is 6.49. The zero-order valence-corrected chi connectivity index (χ0v) is 10.9. The standard InChI is InChI=1S/C13H19BrO/c1-2-5-12-6-8-13(9-7-12)15-11-4-3-10-14/h6-9H,2-5,10-11H2,1H3. The normalized spacial score (nSPS) is 10.3. The van der Waals surface area contributed by atoms with Crippen molar-refractivity contribution in [3.63, 3.8) is 0 Å². The Bertz CT molecular complexity index is 256. The van der Waals surface area contributed by atoms with Crippen molar-refractivity contribution in [1.82, 2.24) is 0 Å². The average Bonchev–Trinajstić information content (AvgIpc) is 2.27. The predicted molar refractivity (Wildman–Crippen MR) is 69.0 cm³/mol. The third-order valence-corrected chi connectivity index (χ3v) is 2.82. The van der Waals surface area contributed by atoms with Crippen LogP contribution in [0.5, 0.6) is 5.75 Å². The minimum Gasteiger partial charge on any atom is -0.494 e. The molecule has 1 rings (SSSR count). The molecule has 0 aliphatic heterocycles. The Morgan fingerprint density at radius 2 is 1.87 bits per heavy atom. The first kappa shape index (κ1) is 12.6. The minimum atomic E-state index is 0.818. The first-order chi connectivity index (χ1) is 7.36. The van der Waals surface area contributed by atoms with Crippen LogP contribution in [0.4, 0.5) is 0 Å². The van der Waals surface area contributed by atoms with Gasteiger partial charge < -0.3 is 4.74 Å². The fourth-order valence-corrected chi connectivity index (χ4v) is 1.82. The molecule has 0 aliphatic rings. The van der Waals surface area contributed by atoms with Crippen LogP contribution in [0.15, 0.2) is 24.3 Å². The summed E-state index contributed by atoms with van der Waals surface area (Å²) in [6, 6.07) is 8.45. The topological polar surface area (TPSA) is 9.23 Å². The van der Waals surface area contributed by atoms with Gasteiger partial charge in [-0.25, -0.2) is 0 Å². The largest absolute Gasteiger partial charge is 0.494 e. The molecule has 0 spiro atoms. The number of alkyl halides is 1. The second-order valence-electron chi connectivity index (χ2n) is 3.64. The lowest BCUT2D eigenvalue weighted by atomic mass is 10.1. The summed E-state index contributed by atoms with van der Waals surface area (Å²) in [7, 11) is 0. The Hall–Kier alpha value is -0.500. The summed E-state index contributed by atoms with van der Waals surface area (Å²) in [5.74, 6) is 0.990. The van der Waals surface area contributed by atoms with E-state index in [2.05, 4.69) is 47.1 Å². The number of benzene rings is 1. The van der Waals surface area contributed by atoms with Crippen molar-refractivity contribution in [1.29, 1.82) is 0 Å². The summed E-state index contributed by atoms with van der Waals surface area (Å²) in [5.41, 5.74) is 1.39. The fourth-order valence-electron chi connectivity index (χ4n) is 1.43. The number of aryl methyl sites for hydroxylation is 1. The van der Waals surface area contributed by atoms with E-state index in [0.29, 0.717) is 0 Å². The summed E-state index contributed by atoms with van der Waals surface area (Å²) in [5, 5.41) is 1.06. The van der Waals surface area contributed by atoms with Crippen molar-refractivity contribution < 1.29 is 4.74 Å². The number of rotatable bonds is 7. The quantitative estimate of drug-likeness (QED) is 0.533. The van der Waals surface area contributed by atoms with Crippen LogP contribution >= 0.6 is 15.9 Å². The van der Waals surface area contributed by atoms with Gasteiger partial charge in [0.25, 0.3) is 0 Å². The van der Waals surface area contributed by atoms with Gasteiger partial charge in [0.2, 0.25) is 0 Å². The van der Waals surface area contributed by atoms with Crippen molar-refractivity contribution in [2.45, 2.75) is 32.6 Å². The zero-order valence-electron chi connectivity index (χ0n) is 9.34. The van der Waals surface area contributed by atoms with Crippen LogP contribution in [-0.4, -0.2) is 11.9 Å². The van der Waals surface area contributed by atoms with E-state index in [9.17, 15) is 0 Å².